The zero-order chi connectivity index (χ0) is 24.6. The van der Waals surface area contributed by atoms with E-state index in [1.807, 2.05) is 19.9 Å². The number of amides is 1. The lowest BCUT2D eigenvalue weighted by atomic mass is 10.1. The maximum atomic E-state index is 13.9. The first-order chi connectivity index (χ1) is 16.1. The van der Waals surface area contributed by atoms with Gasteiger partial charge in [-0.2, -0.15) is 18.3 Å². The molecule has 0 bridgehead atoms. The van der Waals surface area contributed by atoms with E-state index in [1.54, 1.807) is 24.3 Å². The first-order valence-electron chi connectivity index (χ1n) is 10.2. The molecule has 0 saturated heterocycles. The van der Waals surface area contributed by atoms with E-state index >= 15 is 0 Å². The van der Waals surface area contributed by atoms with Crippen molar-refractivity contribution in [3.63, 3.8) is 0 Å². The number of nitrogens with one attached hydrogen (secondary N) is 1. The Labute approximate surface area is 193 Å². The lowest BCUT2D eigenvalue weighted by Gasteiger charge is -2.12. The highest BCUT2D eigenvalue weighted by Gasteiger charge is 2.35. The van der Waals surface area contributed by atoms with Crippen LogP contribution in [0.1, 0.15) is 27.3 Å². The van der Waals surface area contributed by atoms with E-state index < -0.39 is 17.8 Å². The predicted molar refractivity (Wildman–Crippen MR) is 120 cm³/mol. The molecular formula is C24H21F3N4O3. The molecule has 10 heteroatoms. The molecule has 4 aromatic rings. The number of carbonyl (C=O) groups excluding carboxylic acids is 1. The van der Waals surface area contributed by atoms with E-state index in [0.29, 0.717) is 27.3 Å². The Morgan fingerprint density at radius 1 is 0.941 bits per heavy atom. The van der Waals surface area contributed by atoms with Crippen molar-refractivity contribution in [3.05, 3.63) is 71.0 Å². The number of halogens is 3. The summed E-state index contributed by atoms with van der Waals surface area (Å²) in [4.78, 5) is 17.0. The van der Waals surface area contributed by atoms with Crippen LogP contribution in [0, 0.1) is 13.8 Å². The molecule has 0 fully saturated rings. The molecule has 176 valence electrons. The fraction of sp³-hybridized carbons (Fsp3) is 0.208. The lowest BCUT2D eigenvalue weighted by molar-refractivity contribution is -0.142. The lowest BCUT2D eigenvalue weighted by Crippen LogP contribution is -2.15. The molecule has 4 rings (SSSR count). The van der Waals surface area contributed by atoms with E-state index in [-0.39, 0.29) is 17.0 Å². The van der Waals surface area contributed by atoms with E-state index in [2.05, 4.69) is 15.4 Å². The van der Waals surface area contributed by atoms with Gasteiger partial charge in [0.05, 0.1) is 19.9 Å². The average Bonchev–Trinajstić information content (AvgIpc) is 3.24. The van der Waals surface area contributed by atoms with Gasteiger partial charge in [0.1, 0.15) is 0 Å². The summed E-state index contributed by atoms with van der Waals surface area (Å²) >= 11 is 0. The maximum absolute atomic E-state index is 13.9. The van der Waals surface area contributed by atoms with Crippen LogP contribution in [-0.2, 0) is 6.18 Å². The van der Waals surface area contributed by atoms with Gasteiger partial charge in [0.15, 0.2) is 28.5 Å². The number of aryl methyl sites for hydroxylation is 2. The molecule has 0 atom stereocenters. The normalized spacial score (nSPS) is 11.5. The second kappa shape index (κ2) is 8.69. The topological polar surface area (TPSA) is 77.8 Å². The van der Waals surface area contributed by atoms with Crippen LogP contribution >= 0.6 is 0 Å². The van der Waals surface area contributed by atoms with Crippen LogP contribution in [0.15, 0.2) is 48.5 Å². The quantitative estimate of drug-likeness (QED) is 0.428. The molecule has 0 saturated carbocycles. The Morgan fingerprint density at radius 2 is 1.68 bits per heavy atom. The number of anilines is 1. The number of alkyl halides is 3. The van der Waals surface area contributed by atoms with Crippen molar-refractivity contribution >= 4 is 17.2 Å². The van der Waals surface area contributed by atoms with Gasteiger partial charge in [0.2, 0.25) is 0 Å². The first-order valence-corrected chi connectivity index (χ1v) is 10.2. The average molecular weight is 470 g/mol. The first kappa shape index (κ1) is 23.1. The van der Waals surface area contributed by atoms with Crippen molar-refractivity contribution in [1.82, 2.24) is 14.6 Å². The number of hydrogen-bond donors (Lipinski definition) is 1. The zero-order valence-electron chi connectivity index (χ0n) is 18.8. The van der Waals surface area contributed by atoms with Gasteiger partial charge in [0, 0.05) is 17.3 Å². The van der Waals surface area contributed by atoms with Crippen molar-refractivity contribution in [2.45, 2.75) is 20.0 Å². The van der Waals surface area contributed by atoms with Gasteiger partial charge in [-0.25, -0.2) is 9.50 Å². The highest BCUT2D eigenvalue weighted by molar-refractivity contribution is 6.03. The van der Waals surface area contributed by atoms with Crippen molar-refractivity contribution in [2.75, 3.05) is 19.5 Å². The Hall–Kier alpha value is -4.08. The van der Waals surface area contributed by atoms with E-state index in [1.165, 1.54) is 26.4 Å². The number of hydrogen-bond acceptors (Lipinski definition) is 5. The summed E-state index contributed by atoms with van der Waals surface area (Å²) in [6.07, 6.45) is -4.74. The van der Waals surface area contributed by atoms with Crippen LogP contribution in [0.4, 0.5) is 18.9 Å². The van der Waals surface area contributed by atoms with Crippen molar-refractivity contribution < 1.29 is 27.4 Å². The Kier molecular flexibility index (Phi) is 5.90. The number of fused-ring (bicyclic) bond motifs is 1. The molecule has 0 unspecified atom stereocenters. The van der Waals surface area contributed by atoms with Gasteiger partial charge in [-0.3, -0.25) is 4.79 Å². The number of rotatable bonds is 5. The summed E-state index contributed by atoms with van der Waals surface area (Å²) in [5, 5.41) is 6.55. The third-order valence-corrected chi connectivity index (χ3v) is 5.39. The monoisotopic (exact) mass is 470 g/mol. The summed E-state index contributed by atoms with van der Waals surface area (Å²) in [6.45, 7) is 3.83. The standard InChI is InChI=1S/C24H21F3N4O3/c1-13-5-7-16(9-14(13)2)28-23(32)18-12-22-29-17(11-21(24(25,26)27)31(22)30-18)15-6-8-19(33-3)20(10-15)34-4/h5-12H,1-4H3,(H,28,32). The number of benzene rings is 2. The van der Waals surface area contributed by atoms with Gasteiger partial charge in [-0.1, -0.05) is 6.07 Å². The Balaban J connectivity index is 1.78. The molecule has 2 aromatic carbocycles. The van der Waals surface area contributed by atoms with Crippen molar-refractivity contribution in [1.29, 1.82) is 0 Å². The van der Waals surface area contributed by atoms with Crippen molar-refractivity contribution in [3.8, 4) is 22.8 Å². The van der Waals surface area contributed by atoms with E-state index in [4.69, 9.17) is 9.47 Å². The minimum atomic E-state index is -4.74. The van der Waals surface area contributed by atoms with E-state index in [9.17, 15) is 18.0 Å². The second-order valence-electron chi connectivity index (χ2n) is 7.65. The van der Waals surface area contributed by atoms with Gasteiger partial charge < -0.3 is 14.8 Å². The molecule has 0 aliphatic heterocycles. The molecule has 1 N–H and O–H groups in total. The minimum Gasteiger partial charge on any atom is -0.493 e. The maximum Gasteiger partial charge on any atom is 0.433 e. The third-order valence-electron chi connectivity index (χ3n) is 5.39. The molecular weight excluding hydrogens is 449 g/mol. The Bertz CT molecular complexity index is 1400. The van der Waals surface area contributed by atoms with Crippen LogP contribution in [0.2, 0.25) is 0 Å². The van der Waals surface area contributed by atoms with Crippen LogP contribution in [0.5, 0.6) is 11.5 Å². The molecule has 0 aliphatic rings. The molecule has 2 aromatic heterocycles. The summed E-state index contributed by atoms with van der Waals surface area (Å²) in [6, 6.07) is 12.1. The van der Waals surface area contributed by atoms with Crippen LogP contribution in [-0.4, -0.2) is 34.7 Å². The van der Waals surface area contributed by atoms with E-state index in [0.717, 1.165) is 17.2 Å². The minimum absolute atomic E-state index is 0.0433. The number of carbonyl (C=O) groups is 1. The van der Waals surface area contributed by atoms with Gasteiger partial charge in [0.25, 0.3) is 5.91 Å². The van der Waals surface area contributed by atoms with Crippen LogP contribution in [0.3, 0.4) is 0 Å². The molecule has 34 heavy (non-hydrogen) atoms. The highest BCUT2D eigenvalue weighted by Crippen LogP contribution is 2.35. The summed E-state index contributed by atoms with van der Waals surface area (Å²) in [5.74, 6) is 0.129. The van der Waals surface area contributed by atoms with Gasteiger partial charge in [-0.05, 0) is 61.4 Å². The molecule has 1 amide bonds. The van der Waals surface area contributed by atoms with Gasteiger partial charge in [-0.15, -0.1) is 0 Å². The SMILES string of the molecule is COc1ccc(-c2cc(C(F)(F)F)n3nc(C(=O)Nc4ccc(C)c(C)c4)cc3n2)cc1OC. The highest BCUT2D eigenvalue weighted by atomic mass is 19.4. The molecule has 7 nitrogen and oxygen atoms in total. The van der Waals surface area contributed by atoms with Crippen molar-refractivity contribution in [2.24, 2.45) is 0 Å². The molecule has 0 spiro atoms. The largest absolute Gasteiger partial charge is 0.493 e. The third kappa shape index (κ3) is 4.39. The predicted octanol–water partition coefficient (Wildman–Crippen LogP) is 5.30. The summed E-state index contributed by atoms with van der Waals surface area (Å²) < 4.78 is 52.7. The van der Waals surface area contributed by atoms with Crippen LogP contribution in [0.25, 0.3) is 16.9 Å². The fourth-order valence-corrected chi connectivity index (χ4v) is 3.45. The summed E-state index contributed by atoms with van der Waals surface area (Å²) in [7, 11) is 2.89. The number of ether oxygens (including phenoxy) is 2. The number of nitrogens with zero attached hydrogens (tertiary/aromatic N) is 3. The molecule has 0 aliphatic carbocycles. The number of methoxy groups -OCH3 is 2. The second-order valence-corrected chi connectivity index (χ2v) is 7.65. The smallest absolute Gasteiger partial charge is 0.433 e. The Morgan fingerprint density at radius 3 is 2.32 bits per heavy atom. The molecule has 0 radical (unpaired) electrons. The summed E-state index contributed by atoms with van der Waals surface area (Å²) in [5.41, 5.74) is 1.58. The van der Waals surface area contributed by atoms with Crippen LogP contribution < -0.4 is 14.8 Å². The number of aromatic nitrogens is 3. The molecule has 2 heterocycles. The fourth-order valence-electron chi connectivity index (χ4n) is 3.45. The zero-order valence-corrected chi connectivity index (χ0v) is 18.8. The van der Waals surface area contributed by atoms with Gasteiger partial charge >= 0.3 is 6.18 Å².